The number of rotatable bonds is 7. The largest absolute Gasteiger partial charge is 0.494 e. The summed E-state index contributed by atoms with van der Waals surface area (Å²) in [6, 6.07) is 10.2. The highest BCUT2D eigenvalue weighted by molar-refractivity contribution is 5.20. The molecular formula is C14H23NO. The molecule has 0 heterocycles. The molecule has 0 amide bonds. The first-order valence-corrected chi connectivity index (χ1v) is 6.15. The van der Waals surface area contributed by atoms with Crippen LogP contribution in [0.15, 0.2) is 30.3 Å². The second kappa shape index (κ2) is 7.29. The van der Waals surface area contributed by atoms with Gasteiger partial charge in [0.15, 0.2) is 0 Å². The molecule has 2 atom stereocenters. The topological polar surface area (TPSA) is 35.2 Å². The quantitative estimate of drug-likeness (QED) is 0.767. The molecule has 90 valence electrons. The summed E-state index contributed by atoms with van der Waals surface area (Å²) in [5.74, 6) is 1.64. The minimum Gasteiger partial charge on any atom is -0.494 e. The summed E-state index contributed by atoms with van der Waals surface area (Å²) in [5.41, 5.74) is 6.03. The Bertz CT molecular complexity index is 273. The molecule has 0 saturated heterocycles. The number of hydrogen-bond acceptors (Lipinski definition) is 2. The van der Waals surface area contributed by atoms with Gasteiger partial charge in [0.05, 0.1) is 6.61 Å². The molecule has 0 aliphatic rings. The maximum Gasteiger partial charge on any atom is 0.119 e. The molecule has 0 aliphatic heterocycles. The molecule has 0 saturated carbocycles. The highest BCUT2D eigenvalue weighted by Gasteiger charge is 2.07. The van der Waals surface area contributed by atoms with Gasteiger partial charge in [-0.15, -0.1) is 0 Å². The monoisotopic (exact) mass is 221 g/mol. The van der Waals surface area contributed by atoms with Gasteiger partial charge in [-0.1, -0.05) is 38.5 Å². The Morgan fingerprint density at radius 3 is 2.56 bits per heavy atom. The molecule has 1 aromatic rings. The Kier molecular flexibility index (Phi) is 5.94. The van der Waals surface area contributed by atoms with Crippen molar-refractivity contribution >= 4 is 0 Å². The number of hydrogen-bond donors (Lipinski definition) is 1. The van der Waals surface area contributed by atoms with Crippen LogP contribution in [-0.4, -0.2) is 12.6 Å². The van der Waals surface area contributed by atoms with Crippen LogP contribution in [0.4, 0.5) is 0 Å². The van der Waals surface area contributed by atoms with Crippen LogP contribution in [-0.2, 0) is 0 Å². The van der Waals surface area contributed by atoms with Crippen LogP contribution in [0, 0.1) is 5.92 Å². The van der Waals surface area contributed by atoms with Gasteiger partial charge in [0, 0.05) is 6.04 Å². The molecule has 0 radical (unpaired) electrons. The Morgan fingerprint density at radius 1 is 1.25 bits per heavy atom. The summed E-state index contributed by atoms with van der Waals surface area (Å²) >= 11 is 0. The molecule has 0 aliphatic carbocycles. The standard InChI is InChI=1S/C14H23NO/c1-3-12(2)11-13(15)9-10-16-14-7-5-4-6-8-14/h4-8,12-13H,3,9-11,15H2,1-2H3. The molecule has 2 nitrogen and oxygen atoms in total. The maximum atomic E-state index is 6.03. The summed E-state index contributed by atoms with van der Waals surface area (Å²) in [5, 5.41) is 0. The Morgan fingerprint density at radius 2 is 1.94 bits per heavy atom. The van der Waals surface area contributed by atoms with E-state index >= 15 is 0 Å². The van der Waals surface area contributed by atoms with E-state index in [4.69, 9.17) is 10.5 Å². The first kappa shape index (κ1) is 13.0. The zero-order chi connectivity index (χ0) is 11.8. The van der Waals surface area contributed by atoms with Gasteiger partial charge in [-0.25, -0.2) is 0 Å². The summed E-state index contributed by atoms with van der Waals surface area (Å²) < 4.78 is 5.61. The average Bonchev–Trinajstić information content (AvgIpc) is 2.30. The number of para-hydroxylation sites is 1. The third-order valence-electron chi connectivity index (χ3n) is 2.90. The molecule has 16 heavy (non-hydrogen) atoms. The third-order valence-corrected chi connectivity index (χ3v) is 2.90. The Balaban J connectivity index is 2.15. The second-order valence-electron chi connectivity index (χ2n) is 4.46. The van der Waals surface area contributed by atoms with Crippen molar-refractivity contribution in [3.63, 3.8) is 0 Å². The molecule has 0 aromatic heterocycles. The number of benzene rings is 1. The lowest BCUT2D eigenvalue weighted by atomic mass is 9.98. The average molecular weight is 221 g/mol. The first-order chi connectivity index (χ1) is 7.72. The zero-order valence-corrected chi connectivity index (χ0v) is 10.4. The highest BCUT2D eigenvalue weighted by atomic mass is 16.5. The van der Waals surface area contributed by atoms with E-state index < -0.39 is 0 Å². The van der Waals surface area contributed by atoms with Gasteiger partial charge in [0.2, 0.25) is 0 Å². The van der Waals surface area contributed by atoms with Gasteiger partial charge in [0.25, 0.3) is 0 Å². The minimum atomic E-state index is 0.263. The van der Waals surface area contributed by atoms with Gasteiger partial charge in [-0.2, -0.15) is 0 Å². The summed E-state index contributed by atoms with van der Waals surface area (Å²) in [4.78, 5) is 0. The second-order valence-corrected chi connectivity index (χ2v) is 4.46. The molecule has 0 spiro atoms. The van der Waals surface area contributed by atoms with Gasteiger partial charge in [-0.05, 0) is 30.9 Å². The van der Waals surface area contributed by atoms with Crippen molar-refractivity contribution in [2.24, 2.45) is 11.7 Å². The molecule has 1 aromatic carbocycles. The van der Waals surface area contributed by atoms with E-state index in [1.807, 2.05) is 30.3 Å². The minimum absolute atomic E-state index is 0.263. The lowest BCUT2D eigenvalue weighted by Crippen LogP contribution is -2.25. The van der Waals surface area contributed by atoms with Crippen molar-refractivity contribution < 1.29 is 4.74 Å². The van der Waals surface area contributed by atoms with Crippen molar-refractivity contribution in [3.05, 3.63) is 30.3 Å². The maximum absolute atomic E-state index is 6.03. The van der Waals surface area contributed by atoms with Gasteiger partial charge in [0.1, 0.15) is 5.75 Å². The molecule has 2 unspecified atom stereocenters. The Hall–Kier alpha value is -1.02. The van der Waals surface area contributed by atoms with Gasteiger partial charge >= 0.3 is 0 Å². The van der Waals surface area contributed by atoms with Crippen LogP contribution in [0.2, 0.25) is 0 Å². The van der Waals surface area contributed by atoms with Crippen LogP contribution in [0.25, 0.3) is 0 Å². The lowest BCUT2D eigenvalue weighted by Gasteiger charge is -2.16. The Labute approximate surface area is 98.8 Å². The van der Waals surface area contributed by atoms with Crippen molar-refractivity contribution in [2.75, 3.05) is 6.61 Å². The van der Waals surface area contributed by atoms with Crippen molar-refractivity contribution in [3.8, 4) is 5.75 Å². The first-order valence-electron chi connectivity index (χ1n) is 6.15. The lowest BCUT2D eigenvalue weighted by molar-refractivity contribution is 0.286. The van der Waals surface area contributed by atoms with Crippen molar-refractivity contribution in [1.29, 1.82) is 0 Å². The molecule has 2 N–H and O–H groups in total. The van der Waals surface area contributed by atoms with Crippen LogP contribution in [0.3, 0.4) is 0 Å². The fourth-order valence-electron chi connectivity index (χ4n) is 1.65. The molecular weight excluding hydrogens is 198 g/mol. The van der Waals surface area contributed by atoms with E-state index in [-0.39, 0.29) is 6.04 Å². The molecule has 0 fully saturated rings. The fraction of sp³-hybridized carbons (Fsp3) is 0.571. The highest BCUT2D eigenvalue weighted by Crippen LogP contribution is 2.12. The predicted molar refractivity (Wildman–Crippen MR) is 68.6 cm³/mol. The van der Waals surface area contributed by atoms with Crippen LogP contribution in [0.1, 0.15) is 33.1 Å². The summed E-state index contributed by atoms with van der Waals surface area (Å²) in [6.07, 6.45) is 3.22. The van der Waals surface area contributed by atoms with Gasteiger partial charge in [-0.3, -0.25) is 0 Å². The smallest absolute Gasteiger partial charge is 0.119 e. The number of ether oxygens (including phenoxy) is 1. The predicted octanol–water partition coefficient (Wildman–Crippen LogP) is 3.22. The van der Waals surface area contributed by atoms with E-state index in [1.54, 1.807) is 0 Å². The van der Waals surface area contributed by atoms with E-state index in [0.29, 0.717) is 12.5 Å². The van der Waals surface area contributed by atoms with Gasteiger partial charge < -0.3 is 10.5 Å². The third kappa shape index (κ3) is 5.17. The van der Waals surface area contributed by atoms with Crippen LogP contribution >= 0.6 is 0 Å². The van der Waals surface area contributed by atoms with Crippen molar-refractivity contribution in [1.82, 2.24) is 0 Å². The summed E-state index contributed by atoms with van der Waals surface area (Å²) in [6.45, 7) is 5.16. The molecule has 2 heteroatoms. The van der Waals surface area contributed by atoms with Crippen LogP contribution in [0.5, 0.6) is 5.75 Å². The number of nitrogens with two attached hydrogens (primary N) is 1. The molecule has 1 rings (SSSR count). The zero-order valence-electron chi connectivity index (χ0n) is 10.4. The normalized spacial score (nSPS) is 14.4. The molecule has 0 bridgehead atoms. The summed E-state index contributed by atoms with van der Waals surface area (Å²) in [7, 11) is 0. The SMILES string of the molecule is CCC(C)CC(N)CCOc1ccccc1. The van der Waals surface area contributed by atoms with Crippen LogP contribution < -0.4 is 10.5 Å². The van der Waals surface area contributed by atoms with E-state index in [2.05, 4.69) is 13.8 Å². The fourth-order valence-corrected chi connectivity index (χ4v) is 1.65. The van der Waals surface area contributed by atoms with Crippen molar-refractivity contribution in [2.45, 2.75) is 39.2 Å². The van der Waals surface area contributed by atoms with E-state index in [9.17, 15) is 0 Å². The van der Waals surface area contributed by atoms with E-state index in [0.717, 1.165) is 18.6 Å². The van der Waals surface area contributed by atoms with E-state index in [1.165, 1.54) is 6.42 Å².